The second kappa shape index (κ2) is 4.43. The Morgan fingerprint density at radius 2 is 2.38 bits per heavy atom. The number of hydrogen-bond donors (Lipinski definition) is 2. The number of hydrogen-bond acceptors (Lipinski definition) is 3. The van der Waals surface area contributed by atoms with Gasteiger partial charge in [0.05, 0.1) is 6.61 Å². The molecule has 0 spiro atoms. The highest BCUT2D eigenvalue weighted by molar-refractivity contribution is 9.10. The first-order valence-corrected chi connectivity index (χ1v) is 5.83. The Bertz CT molecular complexity index is 403. The number of halogens is 1. The van der Waals surface area contributed by atoms with E-state index in [2.05, 4.69) is 21.2 Å². The summed E-state index contributed by atoms with van der Waals surface area (Å²) in [6.07, 6.45) is 0.606. The molecule has 1 saturated heterocycles. The topological polar surface area (TPSA) is 64.4 Å². The van der Waals surface area contributed by atoms with Crippen molar-refractivity contribution < 1.29 is 9.53 Å². The Morgan fingerprint density at radius 3 is 2.94 bits per heavy atom. The van der Waals surface area contributed by atoms with Gasteiger partial charge in [0.25, 0.3) is 0 Å². The summed E-state index contributed by atoms with van der Waals surface area (Å²) >= 11 is 3.38. The van der Waals surface area contributed by atoms with Gasteiger partial charge in [-0.05, 0) is 18.2 Å². The van der Waals surface area contributed by atoms with Gasteiger partial charge in [-0.2, -0.15) is 0 Å². The Hall–Kier alpha value is -1.07. The van der Waals surface area contributed by atoms with Crippen molar-refractivity contribution in [1.82, 2.24) is 0 Å². The number of rotatable bonds is 3. The highest BCUT2D eigenvalue weighted by Crippen LogP contribution is 2.25. The molecule has 1 aliphatic heterocycles. The number of amides is 1. The molecule has 16 heavy (non-hydrogen) atoms. The quantitative estimate of drug-likeness (QED) is 0.884. The molecule has 1 heterocycles. The molecule has 2 rings (SSSR count). The van der Waals surface area contributed by atoms with Crippen LogP contribution < -0.4 is 11.1 Å². The molecule has 4 nitrogen and oxygen atoms in total. The number of anilines is 1. The second-order valence-corrected chi connectivity index (χ2v) is 4.80. The van der Waals surface area contributed by atoms with Crippen molar-refractivity contribution in [3.63, 3.8) is 0 Å². The molecule has 1 fully saturated rings. The summed E-state index contributed by atoms with van der Waals surface area (Å²) < 4.78 is 6.20. The molecular formula is C11H13BrN2O2. The van der Waals surface area contributed by atoms with Gasteiger partial charge in [0.2, 0.25) is 5.91 Å². The first-order chi connectivity index (χ1) is 7.62. The van der Waals surface area contributed by atoms with Gasteiger partial charge in [0, 0.05) is 23.2 Å². The van der Waals surface area contributed by atoms with Crippen molar-refractivity contribution in [1.29, 1.82) is 0 Å². The van der Waals surface area contributed by atoms with Crippen molar-refractivity contribution in [2.45, 2.75) is 12.0 Å². The lowest BCUT2D eigenvalue weighted by Crippen LogP contribution is -2.51. The standard InChI is InChI=1S/C11H13BrN2O2/c12-8-2-1-3-9(6-8)14-11(10(13)15)4-5-16-7-11/h1-3,6,14H,4-5,7H2,(H2,13,15). The minimum Gasteiger partial charge on any atom is -0.378 e. The Labute approximate surface area is 102 Å². The van der Waals surface area contributed by atoms with Crippen molar-refractivity contribution in [3.05, 3.63) is 28.7 Å². The van der Waals surface area contributed by atoms with Crippen LogP contribution in [0.15, 0.2) is 28.7 Å². The smallest absolute Gasteiger partial charge is 0.245 e. The maximum absolute atomic E-state index is 11.5. The zero-order valence-electron chi connectivity index (χ0n) is 8.70. The number of primary amides is 1. The van der Waals surface area contributed by atoms with E-state index in [0.29, 0.717) is 19.6 Å². The van der Waals surface area contributed by atoms with Crippen LogP contribution in [0.25, 0.3) is 0 Å². The van der Waals surface area contributed by atoms with E-state index >= 15 is 0 Å². The summed E-state index contributed by atoms with van der Waals surface area (Å²) in [6, 6.07) is 7.63. The number of ether oxygens (including phenoxy) is 1. The first-order valence-electron chi connectivity index (χ1n) is 5.04. The van der Waals surface area contributed by atoms with Crippen molar-refractivity contribution >= 4 is 27.5 Å². The third-order valence-corrected chi connectivity index (χ3v) is 3.19. The molecule has 0 bridgehead atoms. The minimum atomic E-state index is -0.763. The van der Waals surface area contributed by atoms with E-state index in [9.17, 15) is 4.79 Å². The van der Waals surface area contributed by atoms with Gasteiger partial charge >= 0.3 is 0 Å². The maximum Gasteiger partial charge on any atom is 0.245 e. The maximum atomic E-state index is 11.5. The summed E-state index contributed by atoms with van der Waals surface area (Å²) in [5, 5.41) is 3.17. The van der Waals surface area contributed by atoms with E-state index in [1.165, 1.54) is 0 Å². The van der Waals surface area contributed by atoms with Crippen LogP contribution in [0.4, 0.5) is 5.69 Å². The molecule has 0 saturated carbocycles. The van der Waals surface area contributed by atoms with Gasteiger partial charge in [0.15, 0.2) is 0 Å². The Balaban J connectivity index is 2.21. The normalized spacial score (nSPS) is 24.3. The number of carbonyl (C=O) groups is 1. The van der Waals surface area contributed by atoms with E-state index in [1.54, 1.807) is 0 Å². The molecule has 0 aliphatic carbocycles. The average Bonchev–Trinajstić information content (AvgIpc) is 2.67. The van der Waals surface area contributed by atoms with Crippen LogP contribution in [-0.4, -0.2) is 24.7 Å². The largest absolute Gasteiger partial charge is 0.378 e. The average molecular weight is 285 g/mol. The van der Waals surface area contributed by atoms with Crippen LogP contribution in [-0.2, 0) is 9.53 Å². The van der Waals surface area contributed by atoms with E-state index in [4.69, 9.17) is 10.5 Å². The molecule has 86 valence electrons. The van der Waals surface area contributed by atoms with Crippen LogP contribution in [0.3, 0.4) is 0 Å². The molecule has 1 unspecified atom stereocenters. The molecule has 5 heteroatoms. The lowest BCUT2D eigenvalue weighted by molar-refractivity contribution is -0.122. The highest BCUT2D eigenvalue weighted by Gasteiger charge is 2.40. The van der Waals surface area contributed by atoms with Gasteiger partial charge in [0.1, 0.15) is 5.54 Å². The highest BCUT2D eigenvalue weighted by atomic mass is 79.9. The number of nitrogens with two attached hydrogens (primary N) is 1. The number of nitrogens with one attached hydrogen (secondary N) is 1. The first kappa shape index (κ1) is 11.4. The van der Waals surface area contributed by atoms with Crippen molar-refractivity contribution in [2.24, 2.45) is 5.73 Å². The predicted molar refractivity (Wildman–Crippen MR) is 65.1 cm³/mol. The SMILES string of the molecule is NC(=O)C1(Nc2cccc(Br)c2)CCOC1. The fourth-order valence-electron chi connectivity index (χ4n) is 1.76. The van der Waals surface area contributed by atoms with Crippen LogP contribution in [0, 0.1) is 0 Å². The number of benzene rings is 1. The fraction of sp³-hybridized carbons (Fsp3) is 0.364. The molecule has 1 amide bonds. The lowest BCUT2D eigenvalue weighted by atomic mass is 9.97. The van der Waals surface area contributed by atoms with Gasteiger partial charge in [-0.1, -0.05) is 22.0 Å². The minimum absolute atomic E-state index is 0.328. The van der Waals surface area contributed by atoms with Gasteiger partial charge in [-0.25, -0.2) is 0 Å². The summed E-state index contributed by atoms with van der Waals surface area (Å²) in [4.78, 5) is 11.5. The molecule has 1 aromatic carbocycles. The van der Waals surface area contributed by atoms with Crippen LogP contribution in [0.5, 0.6) is 0 Å². The molecule has 1 aromatic rings. The monoisotopic (exact) mass is 284 g/mol. The van der Waals surface area contributed by atoms with Gasteiger partial charge < -0.3 is 15.8 Å². The van der Waals surface area contributed by atoms with Crippen LogP contribution >= 0.6 is 15.9 Å². The van der Waals surface area contributed by atoms with Gasteiger partial charge in [-0.15, -0.1) is 0 Å². The predicted octanol–water partition coefficient (Wildman–Crippen LogP) is 1.51. The zero-order valence-corrected chi connectivity index (χ0v) is 10.3. The Morgan fingerprint density at radius 1 is 1.56 bits per heavy atom. The zero-order chi connectivity index (χ0) is 11.6. The Kier molecular flexibility index (Phi) is 3.16. The fourth-order valence-corrected chi connectivity index (χ4v) is 2.16. The molecular weight excluding hydrogens is 272 g/mol. The summed E-state index contributed by atoms with van der Waals surface area (Å²) in [7, 11) is 0. The van der Waals surface area contributed by atoms with Crippen molar-refractivity contribution in [2.75, 3.05) is 18.5 Å². The van der Waals surface area contributed by atoms with E-state index in [1.807, 2.05) is 24.3 Å². The molecule has 1 atom stereocenters. The van der Waals surface area contributed by atoms with E-state index in [0.717, 1.165) is 10.2 Å². The van der Waals surface area contributed by atoms with Crippen LogP contribution in [0.1, 0.15) is 6.42 Å². The summed E-state index contributed by atoms with van der Waals surface area (Å²) in [6.45, 7) is 0.888. The summed E-state index contributed by atoms with van der Waals surface area (Å²) in [5.74, 6) is -0.370. The third kappa shape index (κ3) is 2.20. The lowest BCUT2D eigenvalue weighted by Gasteiger charge is -2.26. The van der Waals surface area contributed by atoms with E-state index < -0.39 is 5.54 Å². The van der Waals surface area contributed by atoms with Crippen LogP contribution in [0.2, 0.25) is 0 Å². The van der Waals surface area contributed by atoms with Crippen molar-refractivity contribution in [3.8, 4) is 0 Å². The second-order valence-electron chi connectivity index (χ2n) is 3.88. The van der Waals surface area contributed by atoms with Gasteiger partial charge in [-0.3, -0.25) is 4.79 Å². The molecule has 0 aromatic heterocycles. The molecule has 3 N–H and O–H groups in total. The third-order valence-electron chi connectivity index (χ3n) is 2.70. The van der Waals surface area contributed by atoms with E-state index in [-0.39, 0.29) is 5.91 Å². The molecule has 1 aliphatic rings. The summed E-state index contributed by atoms with van der Waals surface area (Å²) in [5.41, 5.74) is 5.52. The molecule has 0 radical (unpaired) electrons. The number of carbonyl (C=O) groups excluding carboxylic acids is 1.